The quantitative estimate of drug-likeness (QED) is 0.644. The number of ether oxygens (including phenoxy) is 1. The molecule has 0 aliphatic carbocycles. The molecule has 1 rings (SSSR count). The molecule has 19 heavy (non-hydrogen) atoms. The van der Waals surface area contributed by atoms with Crippen LogP contribution in [0.4, 0.5) is 10.5 Å². The van der Waals surface area contributed by atoms with Gasteiger partial charge in [0.2, 0.25) is 0 Å². The maximum absolute atomic E-state index is 11.7. The molecule has 0 aromatic heterocycles. The minimum atomic E-state index is -0.497. The van der Waals surface area contributed by atoms with E-state index in [1.54, 1.807) is 31.2 Å². The lowest BCUT2D eigenvalue weighted by molar-refractivity contribution is -0.112. The number of ketones is 1. The Morgan fingerprint density at radius 1 is 1.32 bits per heavy atom. The third-order valence-corrected chi connectivity index (χ3v) is 2.22. The van der Waals surface area contributed by atoms with E-state index >= 15 is 0 Å². The van der Waals surface area contributed by atoms with E-state index in [4.69, 9.17) is 16.3 Å². The van der Waals surface area contributed by atoms with Gasteiger partial charge in [-0.2, -0.15) is 0 Å². The number of halogens is 1. The molecule has 1 aromatic rings. The Labute approximate surface area is 116 Å². The number of hydrogen-bond donors (Lipinski definition) is 2. The van der Waals surface area contributed by atoms with Crippen LogP contribution < -0.4 is 10.6 Å². The zero-order valence-electron chi connectivity index (χ0n) is 10.7. The Morgan fingerprint density at radius 2 is 1.95 bits per heavy atom. The molecule has 2 N–H and O–H groups in total. The SMILES string of the molecule is CCOC(=CC(C)=O)NC(=O)Nc1ccc(Cl)cc1. The topological polar surface area (TPSA) is 67.4 Å². The molecule has 0 spiro atoms. The molecule has 0 radical (unpaired) electrons. The van der Waals surface area contributed by atoms with Gasteiger partial charge < -0.3 is 10.1 Å². The highest BCUT2D eigenvalue weighted by Crippen LogP contribution is 2.13. The van der Waals surface area contributed by atoms with Crippen LogP contribution in [0.5, 0.6) is 0 Å². The molecule has 6 heteroatoms. The Morgan fingerprint density at radius 3 is 2.47 bits per heavy atom. The molecule has 0 unspecified atom stereocenters. The van der Waals surface area contributed by atoms with E-state index in [0.29, 0.717) is 17.3 Å². The lowest BCUT2D eigenvalue weighted by atomic mass is 10.3. The largest absolute Gasteiger partial charge is 0.479 e. The van der Waals surface area contributed by atoms with Crippen LogP contribution in [-0.2, 0) is 9.53 Å². The second-order valence-corrected chi connectivity index (χ2v) is 4.07. The third-order valence-electron chi connectivity index (χ3n) is 1.97. The first kappa shape index (κ1) is 15.0. The Hall–Kier alpha value is -2.01. The Bertz CT molecular complexity index is 483. The first-order valence-electron chi connectivity index (χ1n) is 5.70. The summed E-state index contributed by atoms with van der Waals surface area (Å²) in [6, 6.07) is 6.15. The molecular formula is C13H15ClN2O3. The molecule has 0 aliphatic rings. The summed E-state index contributed by atoms with van der Waals surface area (Å²) in [5.74, 6) is -0.100. The van der Waals surface area contributed by atoms with Gasteiger partial charge in [-0.25, -0.2) is 4.79 Å². The number of hydrogen-bond acceptors (Lipinski definition) is 3. The van der Waals surface area contributed by atoms with Gasteiger partial charge in [0.1, 0.15) is 0 Å². The van der Waals surface area contributed by atoms with Gasteiger partial charge in [-0.1, -0.05) is 11.6 Å². The van der Waals surface area contributed by atoms with Crippen LogP contribution in [0.25, 0.3) is 0 Å². The van der Waals surface area contributed by atoms with E-state index in [-0.39, 0.29) is 11.7 Å². The van der Waals surface area contributed by atoms with Gasteiger partial charge in [0.25, 0.3) is 0 Å². The highest BCUT2D eigenvalue weighted by atomic mass is 35.5. The van der Waals surface area contributed by atoms with Crippen molar-refractivity contribution in [2.45, 2.75) is 13.8 Å². The Kier molecular flexibility index (Phi) is 5.89. The van der Waals surface area contributed by atoms with Crippen molar-refractivity contribution in [3.8, 4) is 0 Å². The van der Waals surface area contributed by atoms with Gasteiger partial charge in [0.05, 0.1) is 6.61 Å². The molecule has 5 nitrogen and oxygen atoms in total. The van der Waals surface area contributed by atoms with Gasteiger partial charge in [-0.05, 0) is 38.1 Å². The van der Waals surface area contributed by atoms with Gasteiger partial charge >= 0.3 is 6.03 Å². The maximum Gasteiger partial charge on any atom is 0.326 e. The molecule has 102 valence electrons. The van der Waals surface area contributed by atoms with Crippen molar-refractivity contribution in [1.82, 2.24) is 5.32 Å². The minimum Gasteiger partial charge on any atom is -0.479 e. The van der Waals surface area contributed by atoms with Gasteiger partial charge in [-0.15, -0.1) is 0 Å². The smallest absolute Gasteiger partial charge is 0.326 e. The van der Waals surface area contributed by atoms with Crippen LogP contribution in [0.1, 0.15) is 13.8 Å². The highest BCUT2D eigenvalue weighted by Gasteiger charge is 2.06. The zero-order chi connectivity index (χ0) is 14.3. The molecule has 2 amide bonds. The molecule has 0 bridgehead atoms. The fourth-order valence-corrected chi connectivity index (χ4v) is 1.39. The molecule has 0 saturated carbocycles. The van der Waals surface area contributed by atoms with Crippen molar-refractivity contribution in [3.05, 3.63) is 41.2 Å². The second-order valence-electron chi connectivity index (χ2n) is 3.64. The number of anilines is 1. The summed E-state index contributed by atoms with van der Waals surface area (Å²) in [5, 5.41) is 5.62. The predicted molar refractivity (Wildman–Crippen MR) is 74.0 cm³/mol. The summed E-state index contributed by atoms with van der Waals surface area (Å²) < 4.78 is 5.13. The summed E-state index contributed by atoms with van der Waals surface area (Å²) in [5.41, 5.74) is 0.584. The number of allylic oxidation sites excluding steroid dienone is 1. The van der Waals surface area contributed by atoms with Crippen molar-refractivity contribution >= 4 is 29.1 Å². The van der Waals surface area contributed by atoms with E-state index in [2.05, 4.69) is 10.6 Å². The van der Waals surface area contributed by atoms with Crippen molar-refractivity contribution in [2.75, 3.05) is 11.9 Å². The summed E-state index contributed by atoms with van der Waals surface area (Å²) in [4.78, 5) is 22.6. The van der Waals surface area contributed by atoms with Crippen LogP contribution in [0.3, 0.4) is 0 Å². The first-order chi connectivity index (χ1) is 9.01. The van der Waals surface area contributed by atoms with Crippen LogP contribution >= 0.6 is 11.6 Å². The maximum atomic E-state index is 11.7. The van der Waals surface area contributed by atoms with Crippen LogP contribution in [0, 0.1) is 0 Å². The summed E-state index contributed by atoms with van der Waals surface area (Å²) in [6.07, 6.45) is 1.21. The van der Waals surface area contributed by atoms with Crippen molar-refractivity contribution in [1.29, 1.82) is 0 Å². The molecule has 0 saturated heterocycles. The molecule has 0 heterocycles. The molecule has 0 aliphatic heterocycles. The van der Waals surface area contributed by atoms with Gasteiger partial charge in [0, 0.05) is 16.8 Å². The Balaban J connectivity index is 2.62. The molecule has 0 fully saturated rings. The first-order valence-corrected chi connectivity index (χ1v) is 6.07. The molecule has 1 aromatic carbocycles. The number of amides is 2. The number of nitrogens with one attached hydrogen (secondary N) is 2. The fraction of sp³-hybridized carbons (Fsp3) is 0.231. The van der Waals surface area contributed by atoms with E-state index in [1.807, 2.05) is 0 Å². The number of urea groups is 1. The summed E-state index contributed by atoms with van der Waals surface area (Å²) >= 11 is 5.74. The van der Waals surface area contributed by atoms with E-state index in [0.717, 1.165) is 0 Å². The number of benzene rings is 1. The number of carbonyl (C=O) groups excluding carboxylic acids is 2. The average molecular weight is 283 g/mol. The summed E-state index contributed by atoms with van der Waals surface area (Å²) in [6.45, 7) is 3.48. The highest BCUT2D eigenvalue weighted by molar-refractivity contribution is 6.30. The van der Waals surface area contributed by atoms with E-state index in [9.17, 15) is 9.59 Å². The monoisotopic (exact) mass is 282 g/mol. The number of carbonyl (C=O) groups is 2. The van der Waals surface area contributed by atoms with Crippen LogP contribution in [0.15, 0.2) is 36.2 Å². The standard InChI is InChI=1S/C13H15ClN2O3/c1-3-19-12(8-9(2)17)16-13(18)15-11-6-4-10(14)5-7-11/h4-8H,3H2,1-2H3,(H2,15,16,18). The predicted octanol–water partition coefficient (Wildman–Crippen LogP) is 2.93. The minimum absolute atomic E-state index is 0.112. The van der Waals surface area contributed by atoms with Crippen molar-refractivity contribution in [3.63, 3.8) is 0 Å². The lowest BCUT2D eigenvalue weighted by Crippen LogP contribution is -2.29. The van der Waals surface area contributed by atoms with Crippen LogP contribution in [0.2, 0.25) is 5.02 Å². The van der Waals surface area contributed by atoms with Gasteiger partial charge in [0.15, 0.2) is 11.7 Å². The normalized spacial score (nSPS) is 10.8. The summed E-state index contributed by atoms with van der Waals surface area (Å²) in [7, 11) is 0. The van der Waals surface area contributed by atoms with Gasteiger partial charge in [-0.3, -0.25) is 10.1 Å². The molecular weight excluding hydrogens is 268 g/mol. The van der Waals surface area contributed by atoms with Crippen molar-refractivity contribution in [2.24, 2.45) is 0 Å². The van der Waals surface area contributed by atoms with E-state index < -0.39 is 6.03 Å². The lowest BCUT2D eigenvalue weighted by Gasteiger charge is -2.11. The number of rotatable bonds is 5. The third kappa shape index (κ3) is 5.92. The van der Waals surface area contributed by atoms with E-state index in [1.165, 1.54) is 13.0 Å². The molecule has 0 atom stereocenters. The van der Waals surface area contributed by atoms with Crippen LogP contribution in [-0.4, -0.2) is 18.4 Å². The average Bonchev–Trinajstić information content (AvgIpc) is 2.31. The zero-order valence-corrected chi connectivity index (χ0v) is 11.5. The van der Waals surface area contributed by atoms with Crippen molar-refractivity contribution < 1.29 is 14.3 Å². The second kappa shape index (κ2) is 7.43. The fourth-order valence-electron chi connectivity index (χ4n) is 1.26.